The minimum atomic E-state index is -1.08. The Morgan fingerprint density at radius 1 is 1.46 bits per heavy atom. The number of nitrogens with two attached hydrogens (primary N) is 1. The highest BCUT2D eigenvalue weighted by molar-refractivity contribution is 6.01. The molecule has 0 aliphatic carbocycles. The van der Waals surface area contributed by atoms with E-state index in [9.17, 15) is 24.3 Å². The van der Waals surface area contributed by atoms with Gasteiger partial charge in [-0.3, -0.25) is 19.2 Å². The van der Waals surface area contributed by atoms with Crippen LogP contribution in [0.4, 0.5) is 0 Å². The van der Waals surface area contributed by atoms with Gasteiger partial charge in [0.2, 0.25) is 24.0 Å². The molecule has 26 heavy (non-hydrogen) atoms. The molecule has 3 atom stereocenters. The Hall–Kier alpha value is -2.46. The molecule has 1 fully saturated rings. The molecule has 0 saturated carbocycles. The summed E-state index contributed by atoms with van der Waals surface area (Å²) >= 11 is 0. The van der Waals surface area contributed by atoms with Crippen molar-refractivity contribution in [2.24, 2.45) is 11.7 Å². The number of hydrogen-bond acceptors (Lipinski definition) is 7. The number of amides is 3. The highest BCUT2D eigenvalue weighted by Gasteiger charge is 2.37. The van der Waals surface area contributed by atoms with Crippen molar-refractivity contribution in [2.45, 2.75) is 32.1 Å². The van der Waals surface area contributed by atoms with Gasteiger partial charge in [-0.25, -0.2) is 0 Å². The molecule has 0 radical (unpaired) electrons. The summed E-state index contributed by atoms with van der Waals surface area (Å²) in [5.74, 6) is -3.47. The molecule has 10 nitrogen and oxygen atoms in total. The monoisotopic (exact) mass is 369 g/mol. The quantitative estimate of drug-likeness (QED) is 0.268. The number of aliphatic hydroxyl groups is 1. The van der Waals surface area contributed by atoms with E-state index in [0.29, 0.717) is 12.2 Å². The van der Waals surface area contributed by atoms with Crippen LogP contribution in [0.2, 0.25) is 0 Å². The van der Waals surface area contributed by atoms with Gasteiger partial charge in [0, 0.05) is 13.2 Å². The Balaban J connectivity index is 2.03. The molecule has 4 N–H and O–H groups in total. The predicted octanol–water partition coefficient (Wildman–Crippen LogP) is -1.97. The van der Waals surface area contributed by atoms with E-state index in [1.165, 1.54) is 0 Å². The first-order valence-electron chi connectivity index (χ1n) is 8.33. The number of allylic oxidation sites excluding steroid dienone is 1. The third-order valence-corrected chi connectivity index (χ3v) is 4.17. The Labute approximate surface area is 150 Å². The fourth-order valence-electron chi connectivity index (χ4n) is 2.87. The van der Waals surface area contributed by atoms with Crippen LogP contribution < -0.4 is 11.1 Å². The highest BCUT2D eigenvalue weighted by atomic mass is 16.7. The molecule has 2 aliphatic heterocycles. The summed E-state index contributed by atoms with van der Waals surface area (Å²) in [6.45, 7) is 1.41. The van der Waals surface area contributed by atoms with Gasteiger partial charge in [-0.1, -0.05) is 6.08 Å². The second-order valence-electron chi connectivity index (χ2n) is 6.10. The number of nitrogens with zero attached hydrogens (tertiary/aromatic N) is 1. The average molecular weight is 369 g/mol. The van der Waals surface area contributed by atoms with Crippen LogP contribution in [0.15, 0.2) is 11.6 Å². The number of cyclic esters (lactones) is 1. The smallest absolute Gasteiger partial charge is 0.310 e. The zero-order valence-corrected chi connectivity index (χ0v) is 14.5. The number of carbonyl (C=O) groups excluding carboxylic acids is 4. The van der Waals surface area contributed by atoms with Crippen molar-refractivity contribution < 1.29 is 33.8 Å². The number of rotatable bonds is 7. The maximum atomic E-state index is 12.5. The Morgan fingerprint density at radius 3 is 2.81 bits per heavy atom. The molecule has 0 aromatic heterocycles. The second-order valence-corrected chi connectivity index (χ2v) is 6.10. The van der Waals surface area contributed by atoms with Crippen LogP contribution in [0.3, 0.4) is 0 Å². The summed E-state index contributed by atoms with van der Waals surface area (Å²) in [4.78, 5) is 48.8. The zero-order valence-electron chi connectivity index (χ0n) is 14.5. The molecule has 3 amide bonds. The maximum absolute atomic E-state index is 12.5. The minimum absolute atomic E-state index is 0.0154. The zero-order chi connectivity index (χ0) is 19.3. The van der Waals surface area contributed by atoms with Crippen LogP contribution >= 0.6 is 0 Å². The van der Waals surface area contributed by atoms with Crippen molar-refractivity contribution in [2.75, 3.05) is 26.3 Å². The van der Waals surface area contributed by atoms with Crippen molar-refractivity contribution in [1.82, 2.24) is 10.2 Å². The van der Waals surface area contributed by atoms with E-state index in [0.717, 1.165) is 4.90 Å². The lowest BCUT2D eigenvalue weighted by molar-refractivity contribution is -0.164. The van der Waals surface area contributed by atoms with E-state index in [1.807, 2.05) is 0 Å². The van der Waals surface area contributed by atoms with E-state index >= 15 is 0 Å². The minimum Gasteiger partial charge on any atom is -0.433 e. The summed E-state index contributed by atoms with van der Waals surface area (Å²) in [6.07, 6.45) is 0.762. The summed E-state index contributed by atoms with van der Waals surface area (Å²) in [6, 6.07) is -0.656. The second kappa shape index (κ2) is 8.77. The van der Waals surface area contributed by atoms with Crippen LogP contribution in [0.5, 0.6) is 0 Å². The molecule has 0 spiro atoms. The number of nitrogens with one attached hydrogen (secondary N) is 1. The third-order valence-electron chi connectivity index (χ3n) is 4.17. The van der Waals surface area contributed by atoms with Crippen LogP contribution in [0.25, 0.3) is 0 Å². The van der Waals surface area contributed by atoms with Crippen molar-refractivity contribution in [3.8, 4) is 0 Å². The fourth-order valence-corrected chi connectivity index (χ4v) is 2.87. The third kappa shape index (κ3) is 4.79. The number of hydrogen-bond donors (Lipinski definition) is 3. The van der Waals surface area contributed by atoms with Gasteiger partial charge < -0.3 is 30.5 Å². The first-order valence-corrected chi connectivity index (χ1v) is 8.33. The molecular weight excluding hydrogens is 346 g/mol. The standard InChI is InChI=1S/C16H23N3O7/c1-2-25-16-11(5-13(22)26-16)18-12(21)7-19-6-9(8-20)3-4-10(14(17)23)15(19)24/h3,10-11,16,20H,2,4-8H2,1H3,(H2,17,23)(H,18,21). The van der Waals surface area contributed by atoms with Crippen molar-refractivity contribution in [3.05, 3.63) is 11.6 Å². The van der Waals surface area contributed by atoms with Crippen molar-refractivity contribution in [3.63, 3.8) is 0 Å². The molecule has 0 aromatic carbocycles. The average Bonchev–Trinajstić information content (AvgIpc) is 2.82. The van der Waals surface area contributed by atoms with E-state index in [-0.39, 0.29) is 32.5 Å². The van der Waals surface area contributed by atoms with Gasteiger partial charge in [0.25, 0.3) is 0 Å². The van der Waals surface area contributed by atoms with E-state index in [4.69, 9.17) is 15.2 Å². The number of esters is 1. The lowest BCUT2D eigenvalue weighted by Gasteiger charge is -2.25. The lowest BCUT2D eigenvalue weighted by Crippen LogP contribution is -2.49. The molecule has 0 aromatic rings. The number of aliphatic hydroxyl groups excluding tert-OH is 1. The summed E-state index contributed by atoms with van der Waals surface area (Å²) < 4.78 is 10.2. The fraction of sp³-hybridized carbons (Fsp3) is 0.625. The highest BCUT2D eigenvalue weighted by Crippen LogP contribution is 2.18. The normalized spacial score (nSPS) is 26.2. The predicted molar refractivity (Wildman–Crippen MR) is 87.1 cm³/mol. The van der Waals surface area contributed by atoms with E-state index in [1.54, 1.807) is 13.0 Å². The Bertz CT molecular complexity index is 619. The van der Waals surface area contributed by atoms with Gasteiger partial charge in [0.1, 0.15) is 12.0 Å². The van der Waals surface area contributed by atoms with E-state index < -0.39 is 41.9 Å². The molecule has 10 heteroatoms. The maximum Gasteiger partial charge on any atom is 0.310 e. The summed E-state index contributed by atoms with van der Waals surface area (Å²) in [5, 5.41) is 11.9. The molecular formula is C16H23N3O7. The Morgan fingerprint density at radius 2 is 2.19 bits per heavy atom. The SMILES string of the molecule is CCOC1OC(=O)CC1NC(=O)CN1CC(CO)=CCC(C(N)=O)C1=O. The first-order chi connectivity index (χ1) is 12.3. The lowest BCUT2D eigenvalue weighted by atomic mass is 10.0. The van der Waals surface area contributed by atoms with Gasteiger partial charge in [0.05, 0.1) is 19.6 Å². The molecule has 3 unspecified atom stereocenters. The van der Waals surface area contributed by atoms with Gasteiger partial charge in [0.15, 0.2) is 0 Å². The van der Waals surface area contributed by atoms with Gasteiger partial charge in [-0.05, 0) is 18.9 Å². The summed E-state index contributed by atoms with van der Waals surface area (Å²) in [5.41, 5.74) is 5.77. The van der Waals surface area contributed by atoms with E-state index in [2.05, 4.69) is 5.32 Å². The van der Waals surface area contributed by atoms with Gasteiger partial charge >= 0.3 is 5.97 Å². The van der Waals surface area contributed by atoms with Crippen LogP contribution in [-0.2, 0) is 28.7 Å². The van der Waals surface area contributed by atoms with Crippen molar-refractivity contribution >= 4 is 23.7 Å². The topological polar surface area (TPSA) is 148 Å². The van der Waals surface area contributed by atoms with Crippen LogP contribution in [-0.4, -0.2) is 72.3 Å². The van der Waals surface area contributed by atoms with Crippen molar-refractivity contribution in [1.29, 1.82) is 0 Å². The molecule has 2 heterocycles. The van der Waals surface area contributed by atoms with Crippen LogP contribution in [0, 0.1) is 5.92 Å². The largest absolute Gasteiger partial charge is 0.433 e. The molecule has 2 aliphatic rings. The first kappa shape index (κ1) is 19.9. The van der Waals surface area contributed by atoms with Crippen LogP contribution in [0.1, 0.15) is 19.8 Å². The molecule has 144 valence electrons. The molecule has 0 bridgehead atoms. The van der Waals surface area contributed by atoms with Gasteiger partial charge in [-0.15, -0.1) is 0 Å². The number of carbonyl (C=O) groups is 4. The number of primary amides is 1. The molecule has 1 saturated heterocycles. The molecule has 2 rings (SSSR count). The van der Waals surface area contributed by atoms with Gasteiger partial charge in [-0.2, -0.15) is 0 Å². The number of ether oxygens (including phenoxy) is 2. The Kier molecular flexibility index (Phi) is 6.70. The summed E-state index contributed by atoms with van der Waals surface area (Å²) in [7, 11) is 0.